The lowest BCUT2D eigenvalue weighted by atomic mass is 10.2. The van der Waals surface area contributed by atoms with Crippen LogP contribution < -0.4 is 5.32 Å². The summed E-state index contributed by atoms with van der Waals surface area (Å²) in [5, 5.41) is 5.22. The Morgan fingerprint density at radius 2 is 1.60 bits per heavy atom. The highest BCUT2D eigenvalue weighted by Crippen LogP contribution is 2.31. The summed E-state index contributed by atoms with van der Waals surface area (Å²) in [7, 11) is -3.30. The first-order chi connectivity index (χ1) is 9.45. The van der Waals surface area contributed by atoms with Crippen molar-refractivity contribution in [3.05, 3.63) is 57.4 Å². The fourth-order valence-electron chi connectivity index (χ4n) is 1.97. The summed E-state index contributed by atoms with van der Waals surface area (Å²) in [6.45, 7) is 0. The molecule has 0 fully saturated rings. The van der Waals surface area contributed by atoms with Crippen LogP contribution in [0, 0.1) is 0 Å². The van der Waals surface area contributed by atoms with Gasteiger partial charge in [-0.05, 0) is 42.0 Å². The van der Waals surface area contributed by atoms with E-state index in [0.717, 1.165) is 5.69 Å². The zero-order valence-electron chi connectivity index (χ0n) is 10.1. The maximum absolute atomic E-state index is 11.8. The summed E-state index contributed by atoms with van der Waals surface area (Å²) in [4.78, 5) is 0.308. The number of halogens is 2. The van der Waals surface area contributed by atoms with Crippen molar-refractivity contribution >= 4 is 50.5 Å². The molecule has 0 unspecified atom stereocenters. The van der Waals surface area contributed by atoms with Gasteiger partial charge in [-0.3, -0.25) is 0 Å². The zero-order valence-corrected chi connectivity index (χ0v) is 12.4. The molecule has 1 N–H and O–H groups in total. The second-order valence-electron chi connectivity index (χ2n) is 4.35. The molecule has 2 aromatic rings. The Hall–Kier alpha value is -1.49. The minimum Gasteiger partial charge on any atom is -0.355 e. The second-order valence-corrected chi connectivity index (χ2v) is 6.97. The Kier molecular flexibility index (Phi) is 3.24. The molecule has 2 aromatic carbocycles. The largest absolute Gasteiger partial charge is 0.355 e. The quantitative estimate of drug-likeness (QED) is 0.884. The molecule has 3 rings (SSSR count). The van der Waals surface area contributed by atoms with Crippen LogP contribution in [0.15, 0.2) is 46.7 Å². The Bertz CT molecular complexity index is 829. The molecule has 0 saturated carbocycles. The number of anilines is 2. The first-order valence-corrected chi connectivity index (χ1v) is 8.05. The van der Waals surface area contributed by atoms with E-state index in [9.17, 15) is 8.42 Å². The van der Waals surface area contributed by atoms with Gasteiger partial charge in [0.25, 0.3) is 0 Å². The van der Waals surface area contributed by atoms with Crippen LogP contribution in [0.25, 0.3) is 6.08 Å². The van der Waals surface area contributed by atoms with Crippen molar-refractivity contribution in [1.29, 1.82) is 0 Å². The number of rotatable bonds is 2. The molecule has 0 saturated heterocycles. The zero-order chi connectivity index (χ0) is 14.3. The summed E-state index contributed by atoms with van der Waals surface area (Å²) in [6, 6.07) is 10.3. The molecule has 0 radical (unpaired) electrons. The van der Waals surface area contributed by atoms with Crippen molar-refractivity contribution < 1.29 is 8.42 Å². The molecule has 1 aliphatic rings. The number of benzene rings is 2. The van der Waals surface area contributed by atoms with E-state index in [-0.39, 0.29) is 0 Å². The average molecular weight is 326 g/mol. The van der Waals surface area contributed by atoms with E-state index < -0.39 is 9.84 Å². The van der Waals surface area contributed by atoms with E-state index in [1.165, 1.54) is 5.41 Å². The van der Waals surface area contributed by atoms with Crippen LogP contribution in [0.3, 0.4) is 0 Å². The lowest BCUT2D eigenvalue weighted by Gasteiger charge is -2.09. The van der Waals surface area contributed by atoms with E-state index >= 15 is 0 Å². The van der Waals surface area contributed by atoms with Gasteiger partial charge in [0.15, 0.2) is 0 Å². The smallest absolute Gasteiger partial charge is 0.200 e. The van der Waals surface area contributed by atoms with Crippen molar-refractivity contribution in [2.24, 2.45) is 0 Å². The summed E-state index contributed by atoms with van der Waals surface area (Å²) in [5.74, 6) is 0. The molecule has 0 aromatic heterocycles. The first kappa shape index (κ1) is 13.5. The number of hydrogen-bond acceptors (Lipinski definition) is 3. The molecule has 20 heavy (non-hydrogen) atoms. The van der Waals surface area contributed by atoms with Gasteiger partial charge in [-0.1, -0.05) is 29.3 Å². The van der Waals surface area contributed by atoms with Crippen molar-refractivity contribution in [1.82, 2.24) is 0 Å². The van der Waals surface area contributed by atoms with E-state index in [2.05, 4.69) is 5.32 Å². The van der Waals surface area contributed by atoms with Crippen molar-refractivity contribution in [3.63, 3.8) is 0 Å². The van der Waals surface area contributed by atoms with Gasteiger partial charge in [0.1, 0.15) is 0 Å². The average Bonchev–Trinajstić information content (AvgIpc) is 2.70. The molecule has 3 nitrogen and oxygen atoms in total. The monoisotopic (exact) mass is 325 g/mol. The summed E-state index contributed by atoms with van der Waals surface area (Å²) >= 11 is 11.8. The highest BCUT2D eigenvalue weighted by Gasteiger charge is 2.20. The van der Waals surface area contributed by atoms with Crippen LogP contribution in [-0.2, 0) is 9.84 Å². The Balaban J connectivity index is 1.95. The highest BCUT2D eigenvalue weighted by molar-refractivity contribution is 7.94. The van der Waals surface area contributed by atoms with Crippen molar-refractivity contribution in [2.45, 2.75) is 4.90 Å². The molecular formula is C14H9Cl2NO2S. The molecule has 1 aliphatic heterocycles. The minimum absolute atomic E-state index is 0.308. The predicted molar refractivity (Wildman–Crippen MR) is 82.4 cm³/mol. The highest BCUT2D eigenvalue weighted by atomic mass is 35.5. The summed E-state index contributed by atoms with van der Waals surface area (Å²) < 4.78 is 23.6. The van der Waals surface area contributed by atoms with Crippen molar-refractivity contribution in [3.8, 4) is 0 Å². The van der Waals surface area contributed by atoms with E-state index in [4.69, 9.17) is 23.2 Å². The topological polar surface area (TPSA) is 46.2 Å². The lowest BCUT2D eigenvalue weighted by Crippen LogP contribution is -1.96. The third-order valence-corrected chi connectivity index (χ3v) is 5.16. The van der Waals surface area contributed by atoms with Crippen molar-refractivity contribution in [2.75, 3.05) is 5.32 Å². The molecule has 0 amide bonds. The van der Waals surface area contributed by atoms with E-state index in [1.807, 2.05) is 6.07 Å². The van der Waals surface area contributed by atoms with Gasteiger partial charge >= 0.3 is 0 Å². The van der Waals surface area contributed by atoms with E-state index in [0.29, 0.717) is 26.2 Å². The fraction of sp³-hybridized carbons (Fsp3) is 0. The van der Waals surface area contributed by atoms with Crippen LogP contribution in [0.5, 0.6) is 0 Å². The first-order valence-electron chi connectivity index (χ1n) is 5.75. The van der Waals surface area contributed by atoms with E-state index in [1.54, 1.807) is 36.4 Å². The maximum atomic E-state index is 11.8. The molecular weight excluding hydrogens is 317 g/mol. The van der Waals surface area contributed by atoms with Gasteiger partial charge in [0, 0.05) is 16.8 Å². The Morgan fingerprint density at radius 3 is 2.35 bits per heavy atom. The molecule has 1 heterocycles. The SMILES string of the molecule is O=S1(=O)C=Cc2ccc(Nc3ccc(Cl)c(Cl)c3)cc21. The fourth-order valence-corrected chi connectivity index (χ4v) is 3.50. The standard InChI is InChI=1S/C14H9Cl2NO2S/c15-12-4-3-10(7-13(12)16)17-11-2-1-9-5-6-20(18,19)14(9)8-11/h1-8,17H. The van der Waals surface area contributed by atoms with Gasteiger partial charge in [-0.2, -0.15) is 0 Å². The van der Waals surface area contributed by atoms with Crippen LogP contribution in [-0.4, -0.2) is 8.42 Å². The number of fused-ring (bicyclic) bond motifs is 1. The molecule has 0 aliphatic carbocycles. The van der Waals surface area contributed by atoms with Crippen LogP contribution in [0.2, 0.25) is 10.0 Å². The maximum Gasteiger partial charge on any atom is 0.200 e. The summed E-state index contributed by atoms with van der Waals surface area (Å²) in [6.07, 6.45) is 1.59. The number of sulfone groups is 1. The Labute approximate surface area is 126 Å². The Morgan fingerprint density at radius 1 is 0.900 bits per heavy atom. The third kappa shape index (κ3) is 2.42. The van der Waals surface area contributed by atoms with Gasteiger partial charge in [0.2, 0.25) is 9.84 Å². The van der Waals surface area contributed by atoms with Gasteiger partial charge in [0.05, 0.1) is 14.9 Å². The van der Waals surface area contributed by atoms with Crippen LogP contribution >= 0.6 is 23.2 Å². The predicted octanol–water partition coefficient (Wildman–Crippen LogP) is 4.50. The molecule has 6 heteroatoms. The van der Waals surface area contributed by atoms with Crippen LogP contribution in [0.1, 0.15) is 5.56 Å². The third-order valence-electron chi connectivity index (χ3n) is 2.96. The van der Waals surface area contributed by atoms with Gasteiger partial charge < -0.3 is 5.32 Å². The normalized spacial score (nSPS) is 15.1. The summed E-state index contributed by atoms with van der Waals surface area (Å²) in [5.41, 5.74) is 2.11. The van der Waals surface area contributed by atoms with Gasteiger partial charge in [-0.25, -0.2) is 8.42 Å². The lowest BCUT2D eigenvalue weighted by molar-refractivity contribution is 0.605. The van der Waals surface area contributed by atoms with Crippen LogP contribution in [0.4, 0.5) is 11.4 Å². The molecule has 0 bridgehead atoms. The number of nitrogens with one attached hydrogen (secondary N) is 1. The second kappa shape index (κ2) is 4.81. The molecule has 102 valence electrons. The minimum atomic E-state index is -3.30. The molecule has 0 spiro atoms. The number of hydrogen-bond donors (Lipinski definition) is 1. The van der Waals surface area contributed by atoms with Gasteiger partial charge in [-0.15, -0.1) is 0 Å². The molecule has 0 atom stereocenters.